The largest absolute Gasteiger partial charge is 0.351 e. The predicted octanol–water partition coefficient (Wildman–Crippen LogP) is 3.33. The van der Waals surface area contributed by atoms with Gasteiger partial charge in [0.15, 0.2) is 0 Å². The highest BCUT2D eigenvalue weighted by Gasteiger charge is 2.30. The first-order valence-corrected chi connectivity index (χ1v) is 8.94. The molecule has 136 valence electrons. The number of nitrogens with one attached hydrogen (secondary N) is 1. The lowest BCUT2D eigenvalue weighted by molar-refractivity contribution is -0.128. The number of hydrogen-bond acceptors (Lipinski definition) is 2. The van der Waals surface area contributed by atoms with Gasteiger partial charge in [0.2, 0.25) is 11.8 Å². The standard InChI is InChI=1S/C20H20ClFN2O2/c21-18-7-2-1-5-15(18)8-9-19(25)23-17-11-20(26)24(13-17)12-14-4-3-6-16(22)10-14/h1-7,10,17H,8-9,11-13H2,(H,23,25)/t17-/m0/s1. The second-order valence-electron chi connectivity index (χ2n) is 6.46. The number of rotatable bonds is 6. The molecule has 0 unspecified atom stereocenters. The van der Waals surface area contributed by atoms with E-state index in [1.54, 1.807) is 23.1 Å². The molecule has 1 aliphatic rings. The third-order valence-electron chi connectivity index (χ3n) is 4.42. The monoisotopic (exact) mass is 374 g/mol. The lowest BCUT2D eigenvalue weighted by Crippen LogP contribution is -2.37. The van der Waals surface area contributed by atoms with Gasteiger partial charge in [-0.15, -0.1) is 0 Å². The summed E-state index contributed by atoms with van der Waals surface area (Å²) in [6.07, 6.45) is 1.14. The van der Waals surface area contributed by atoms with E-state index in [1.165, 1.54) is 12.1 Å². The number of hydrogen-bond donors (Lipinski definition) is 1. The molecule has 0 saturated carbocycles. The first-order chi connectivity index (χ1) is 12.5. The molecule has 0 radical (unpaired) electrons. The summed E-state index contributed by atoms with van der Waals surface area (Å²) in [7, 11) is 0. The van der Waals surface area contributed by atoms with Gasteiger partial charge < -0.3 is 10.2 Å². The molecule has 3 rings (SSSR count). The molecule has 1 N–H and O–H groups in total. The lowest BCUT2D eigenvalue weighted by Gasteiger charge is -2.17. The van der Waals surface area contributed by atoms with Crippen LogP contribution in [-0.2, 0) is 22.6 Å². The average molecular weight is 375 g/mol. The number of aryl methyl sites for hydroxylation is 1. The molecular weight excluding hydrogens is 355 g/mol. The fourth-order valence-corrected chi connectivity index (χ4v) is 3.36. The number of benzene rings is 2. The Morgan fingerprint density at radius 3 is 2.81 bits per heavy atom. The van der Waals surface area contributed by atoms with Crippen LogP contribution in [0.4, 0.5) is 4.39 Å². The quantitative estimate of drug-likeness (QED) is 0.843. The van der Waals surface area contributed by atoms with Crippen LogP contribution in [0.1, 0.15) is 24.0 Å². The molecule has 26 heavy (non-hydrogen) atoms. The van der Waals surface area contributed by atoms with E-state index >= 15 is 0 Å². The Hall–Kier alpha value is -2.40. The zero-order chi connectivity index (χ0) is 18.5. The molecular formula is C20H20ClFN2O2. The highest BCUT2D eigenvalue weighted by Crippen LogP contribution is 2.18. The summed E-state index contributed by atoms with van der Waals surface area (Å²) in [6, 6.07) is 13.4. The van der Waals surface area contributed by atoms with Crippen LogP contribution in [0.5, 0.6) is 0 Å². The summed E-state index contributed by atoms with van der Waals surface area (Å²) in [6.45, 7) is 0.787. The molecule has 0 aliphatic carbocycles. The maximum atomic E-state index is 13.3. The van der Waals surface area contributed by atoms with Crippen LogP contribution in [0.15, 0.2) is 48.5 Å². The van der Waals surface area contributed by atoms with Crippen molar-refractivity contribution in [1.29, 1.82) is 0 Å². The second-order valence-corrected chi connectivity index (χ2v) is 6.87. The van der Waals surface area contributed by atoms with Gasteiger partial charge in [-0.2, -0.15) is 0 Å². The van der Waals surface area contributed by atoms with Gasteiger partial charge in [-0.3, -0.25) is 9.59 Å². The van der Waals surface area contributed by atoms with Gasteiger partial charge in [0.1, 0.15) is 5.82 Å². The van der Waals surface area contributed by atoms with Crippen LogP contribution in [-0.4, -0.2) is 29.3 Å². The average Bonchev–Trinajstić information content (AvgIpc) is 2.93. The Morgan fingerprint density at radius 1 is 1.23 bits per heavy atom. The van der Waals surface area contributed by atoms with Gasteiger partial charge >= 0.3 is 0 Å². The minimum Gasteiger partial charge on any atom is -0.351 e. The SMILES string of the molecule is O=C(CCc1ccccc1Cl)N[C@H]1CC(=O)N(Cc2cccc(F)c2)C1. The highest BCUT2D eigenvalue weighted by atomic mass is 35.5. The smallest absolute Gasteiger partial charge is 0.225 e. The fraction of sp³-hybridized carbons (Fsp3) is 0.300. The number of carbonyl (C=O) groups excluding carboxylic acids is 2. The molecule has 1 aliphatic heterocycles. The molecule has 0 bridgehead atoms. The first kappa shape index (κ1) is 18.4. The van der Waals surface area contributed by atoms with Gasteiger partial charge in [-0.1, -0.05) is 41.9 Å². The number of halogens is 2. The minimum absolute atomic E-state index is 0.0364. The zero-order valence-corrected chi connectivity index (χ0v) is 15.0. The third-order valence-corrected chi connectivity index (χ3v) is 4.79. The van der Waals surface area contributed by atoms with E-state index in [1.807, 2.05) is 18.2 Å². The molecule has 1 saturated heterocycles. The molecule has 4 nitrogen and oxygen atoms in total. The summed E-state index contributed by atoms with van der Waals surface area (Å²) >= 11 is 6.09. The summed E-state index contributed by atoms with van der Waals surface area (Å²) in [5.74, 6) is -0.459. The predicted molar refractivity (Wildman–Crippen MR) is 98.1 cm³/mol. The van der Waals surface area contributed by atoms with E-state index in [4.69, 9.17) is 11.6 Å². The molecule has 2 amide bonds. The number of nitrogens with zero attached hydrogens (tertiary/aromatic N) is 1. The Bertz CT molecular complexity index is 812. The number of amides is 2. The van der Waals surface area contributed by atoms with E-state index in [2.05, 4.69) is 5.32 Å². The van der Waals surface area contributed by atoms with Crippen LogP contribution in [0.25, 0.3) is 0 Å². The van der Waals surface area contributed by atoms with Crippen LogP contribution < -0.4 is 5.32 Å². The van der Waals surface area contributed by atoms with Gasteiger partial charge in [-0.25, -0.2) is 4.39 Å². The molecule has 6 heteroatoms. The van der Waals surface area contributed by atoms with Crippen molar-refractivity contribution in [3.63, 3.8) is 0 Å². The van der Waals surface area contributed by atoms with Gasteiger partial charge in [0.25, 0.3) is 0 Å². The number of carbonyl (C=O) groups is 2. The Labute approximate surface area is 157 Å². The van der Waals surface area contributed by atoms with Crippen LogP contribution >= 0.6 is 11.6 Å². The molecule has 2 aromatic rings. The summed E-state index contributed by atoms with van der Waals surface area (Å²) in [4.78, 5) is 26.0. The Kier molecular flexibility index (Phi) is 5.89. The van der Waals surface area contributed by atoms with Crippen molar-refractivity contribution in [2.24, 2.45) is 0 Å². The van der Waals surface area contributed by atoms with Crippen molar-refractivity contribution in [3.8, 4) is 0 Å². The summed E-state index contributed by atoms with van der Waals surface area (Å²) in [5, 5.41) is 3.56. The van der Waals surface area contributed by atoms with E-state index in [9.17, 15) is 14.0 Å². The van der Waals surface area contributed by atoms with Gasteiger partial charge in [0.05, 0.1) is 6.04 Å². The summed E-state index contributed by atoms with van der Waals surface area (Å²) < 4.78 is 13.3. The molecule has 0 aromatic heterocycles. The Balaban J connectivity index is 1.49. The molecule has 0 spiro atoms. The van der Waals surface area contributed by atoms with Crippen LogP contribution in [0.2, 0.25) is 5.02 Å². The van der Waals surface area contributed by atoms with E-state index in [-0.39, 0.29) is 30.1 Å². The highest BCUT2D eigenvalue weighted by molar-refractivity contribution is 6.31. The topological polar surface area (TPSA) is 49.4 Å². The van der Waals surface area contributed by atoms with Crippen molar-refractivity contribution in [3.05, 3.63) is 70.5 Å². The lowest BCUT2D eigenvalue weighted by atomic mass is 10.1. The van der Waals surface area contributed by atoms with Crippen LogP contribution in [0.3, 0.4) is 0 Å². The van der Waals surface area contributed by atoms with Crippen molar-refractivity contribution < 1.29 is 14.0 Å². The molecule has 1 atom stereocenters. The second kappa shape index (κ2) is 8.32. The normalized spacial score (nSPS) is 16.8. The molecule has 1 heterocycles. The maximum absolute atomic E-state index is 13.3. The van der Waals surface area contributed by atoms with Crippen molar-refractivity contribution in [2.45, 2.75) is 31.8 Å². The van der Waals surface area contributed by atoms with Gasteiger partial charge in [0, 0.05) is 31.0 Å². The van der Waals surface area contributed by atoms with E-state index in [0.717, 1.165) is 11.1 Å². The maximum Gasteiger partial charge on any atom is 0.225 e. The first-order valence-electron chi connectivity index (χ1n) is 8.56. The number of likely N-dealkylation sites (tertiary alicyclic amines) is 1. The van der Waals surface area contributed by atoms with E-state index in [0.29, 0.717) is 31.0 Å². The van der Waals surface area contributed by atoms with Crippen molar-refractivity contribution >= 4 is 23.4 Å². The van der Waals surface area contributed by atoms with Crippen molar-refractivity contribution in [1.82, 2.24) is 10.2 Å². The Morgan fingerprint density at radius 2 is 2.04 bits per heavy atom. The van der Waals surface area contributed by atoms with Gasteiger partial charge in [-0.05, 0) is 35.7 Å². The molecule has 1 fully saturated rings. The van der Waals surface area contributed by atoms with E-state index < -0.39 is 0 Å². The fourth-order valence-electron chi connectivity index (χ4n) is 3.13. The van der Waals surface area contributed by atoms with Crippen molar-refractivity contribution in [2.75, 3.05) is 6.54 Å². The van der Waals surface area contributed by atoms with Crippen LogP contribution in [0, 0.1) is 5.82 Å². The molecule has 2 aromatic carbocycles. The summed E-state index contributed by atoms with van der Waals surface area (Å²) in [5.41, 5.74) is 1.67. The minimum atomic E-state index is -0.321. The third kappa shape index (κ3) is 4.82. The zero-order valence-electron chi connectivity index (χ0n) is 14.3.